The van der Waals surface area contributed by atoms with E-state index in [1.165, 1.54) is 21.3 Å². The Morgan fingerprint density at radius 3 is 1.78 bits per heavy atom. The molecule has 5 aromatic carbocycles. The molecule has 2 amide bonds. The smallest absolute Gasteiger partial charge is 0.415 e. The van der Waals surface area contributed by atoms with Crippen molar-refractivity contribution in [2.75, 3.05) is 83.4 Å². The Morgan fingerprint density at radius 1 is 0.589 bits per heavy atom. The first-order valence-electron chi connectivity index (χ1n) is 43.9. The van der Waals surface area contributed by atoms with Crippen LogP contribution < -0.4 is 37.0 Å². The third kappa shape index (κ3) is 17.6. The van der Waals surface area contributed by atoms with E-state index in [0.29, 0.717) is 179 Å². The van der Waals surface area contributed by atoms with E-state index in [4.69, 9.17) is 43.8 Å². The molecule has 0 radical (unpaired) electrons. The Kier molecular flexibility index (Phi) is 24.2. The highest BCUT2D eigenvalue weighted by atomic mass is 16.6. The molecular weight excluding hydrogens is 1650 g/mol. The number of nitrogen functional groups attached to an aromatic ring is 1. The number of aromatic amines is 2. The summed E-state index contributed by atoms with van der Waals surface area (Å²) in [5.74, 6) is 3.16. The van der Waals surface area contributed by atoms with Gasteiger partial charge in [0, 0.05) is 145 Å². The van der Waals surface area contributed by atoms with Crippen LogP contribution >= 0.6 is 0 Å². The predicted molar refractivity (Wildman–Crippen MR) is 486 cm³/mol. The highest BCUT2D eigenvalue weighted by Gasteiger charge is 2.32. The van der Waals surface area contributed by atoms with Crippen molar-refractivity contribution in [3.63, 3.8) is 0 Å². The van der Waals surface area contributed by atoms with Crippen LogP contribution in [0.1, 0.15) is 127 Å². The summed E-state index contributed by atoms with van der Waals surface area (Å²) in [4.78, 5) is 99.8. The Bertz CT molecular complexity index is 6890. The van der Waals surface area contributed by atoms with Crippen molar-refractivity contribution in [1.82, 2.24) is 82.9 Å². The molecule has 19 rings (SSSR count). The largest absolute Gasteiger partial charge is 0.508 e. The van der Waals surface area contributed by atoms with Crippen LogP contribution in [0.25, 0.3) is 112 Å². The zero-order valence-corrected chi connectivity index (χ0v) is 72.5. The van der Waals surface area contributed by atoms with Crippen molar-refractivity contribution in [2.45, 2.75) is 136 Å². The lowest BCUT2D eigenvalue weighted by Gasteiger charge is -2.32. The molecule has 666 valence electrons. The van der Waals surface area contributed by atoms with Crippen LogP contribution in [-0.4, -0.2) is 194 Å². The number of anilines is 2. The maximum atomic E-state index is 14.1. The number of morpholine rings is 1. The molecule has 1 saturated carbocycles. The molecule has 8 N–H and O–H groups in total. The van der Waals surface area contributed by atoms with E-state index in [2.05, 4.69) is 60.6 Å². The molecule has 10 aromatic heterocycles. The normalized spacial score (nSPS) is 16.0. The van der Waals surface area contributed by atoms with E-state index in [1.807, 2.05) is 126 Å². The van der Waals surface area contributed by atoms with Crippen molar-refractivity contribution in [2.24, 2.45) is 11.8 Å². The number of aromatic nitrogens is 15. The van der Waals surface area contributed by atoms with Crippen LogP contribution in [0.4, 0.5) is 21.4 Å². The second-order valence-corrected chi connectivity index (χ2v) is 34.1. The molecule has 4 aliphatic rings. The number of piperidine rings is 2. The van der Waals surface area contributed by atoms with Crippen molar-refractivity contribution in [1.29, 1.82) is 0 Å². The molecule has 34 nitrogen and oxygen atoms in total. The number of fused-ring (bicyclic) bond motifs is 6. The van der Waals surface area contributed by atoms with Gasteiger partial charge in [-0.15, -0.1) is 0 Å². The lowest BCUT2D eigenvalue weighted by Crippen LogP contribution is -2.40. The summed E-state index contributed by atoms with van der Waals surface area (Å²) >= 11 is 0. The predicted octanol–water partition coefficient (Wildman–Crippen LogP) is 14.8. The van der Waals surface area contributed by atoms with Gasteiger partial charge in [-0.05, 0) is 203 Å². The third-order valence-corrected chi connectivity index (χ3v) is 25.4. The molecular formula is C95H101N19O15. The number of likely N-dealkylation sites (tertiary alicyclic amines) is 2. The molecule has 0 spiro atoms. The van der Waals surface area contributed by atoms with Crippen molar-refractivity contribution < 1.29 is 58.1 Å². The molecule has 4 fully saturated rings. The van der Waals surface area contributed by atoms with Gasteiger partial charge in [0.2, 0.25) is 17.5 Å². The number of amides is 2. The topological polar surface area (TPSA) is 421 Å². The second kappa shape index (κ2) is 36.5. The van der Waals surface area contributed by atoms with E-state index < -0.39 is 11.4 Å². The first-order valence-corrected chi connectivity index (χ1v) is 43.9. The van der Waals surface area contributed by atoms with Gasteiger partial charge in [-0.1, -0.05) is 39.8 Å². The number of H-pyrrole nitrogens is 2. The van der Waals surface area contributed by atoms with Gasteiger partial charge < -0.3 is 78.1 Å². The number of nitrogens with zero attached hydrogens (tertiary/aromatic N) is 16. The van der Waals surface area contributed by atoms with Gasteiger partial charge in [0.15, 0.2) is 28.9 Å². The molecule has 34 heteroatoms. The maximum Gasteiger partial charge on any atom is 0.415 e. The number of aromatic hydroxyl groups is 4. The number of hydrogen-bond donors (Lipinski definition) is 7. The standard InChI is InChI=1S/C49H56N10O8.C46H45N9O7/c1-28(2)36-24-39(42(61)26-41(36)60)45-54-55-48(63)59(45)34-8-11-40-31(23-34)16-20-56(40)17-13-30-14-18-57(19-15-30)49(64)67-22-21-66-35-9-6-33(7-10-35)58-44-37(29(3)52-47(50)53-44)25-38(46(58)62)32-5-12-43(65-4)51-27-32;1-27(2)34-25-35(38(57)26-37(34)56)42-50-51-45(58)55(42)31-8-9-36-29(23-31)13-18-52(36)15-10-28-11-16-54(17-12-28)46(59)61-32-6-3-5-30(24-32)41-48-39-33-7-4-14-47-44(33)62-40(39)43(49-41)53-19-21-60-22-20-53/h5,8,11-12,16,20,23-28,30,33,35,60-61H,6-7,9-10,13-15,17-19,21-22H2,1-4H3,(H,55,63)(H2,50,52,53);3-9,13-14,18,23-28,56-57H,10-12,15-17,19-22H2,1-2H3,(H,51,58). The van der Waals surface area contributed by atoms with Gasteiger partial charge in [0.1, 0.15) is 46.5 Å². The van der Waals surface area contributed by atoms with Gasteiger partial charge in [-0.2, -0.15) is 15.2 Å². The molecule has 1 aliphatic carbocycles. The summed E-state index contributed by atoms with van der Waals surface area (Å²) in [6, 6.07) is 37.9. The highest BCUT2D eigenvalue weighted by molar-refractivity contribution is 6.05. The minimum Gasteiger partial charge on any atom is -0.508 e. The molecule has 0 unspecified atom stereocenters. The van der Waals surface area contributed by atoms with Gasteiger partial charge in [0.05, 0.1) is 66.6 Å². The SMILES string of the molecule is CC(C)c1cc(-c2n[nH]c(=O)n2-c2ccc3c(ccn3CCC3CCN(C(=O)Oc4cccc(-c5nc(N6CCOCC6)c6oc7ncccc7c6n5)c4)CC3)c2)c(O)cc1O.COc1ccc(-c2cc3c(C)nc(N)nc3n(C3CCC(OCCOC(=O)N4CCC(CCn5ccc6cc(-n7c(-c8cc(C(C)C)c(O)cc8O)n[nH]c7=O)ccc65)CC4)CC3)c2=O)cn1. The lowest BCUT2D eigenvalue weighted by molar-refractivity contribution is -0.00822. The summed E-state index contributed by atoms with van der Waals surface area (Å²) in [6.07, 6.45) is 14.9. The van der Waals surface area contributed by atoms with E-state index in [-0.39, 0.29) is 95.5 Å². The molecule has 13 heterocycles. The third-order valence-electron chi connectivity index (χ3n) is 25.4. The highest BCUT2D eigenvalue weighted by Crippen LogP contribution is 2.43. The Morgan fingerprint density at radius 2 is 1.19 bits per heavy atom. The fraction of sp³-hybridized carbons (Fsp3) is 0.358. The van der Waals surface area contributed by atoms with Crippen LogP contribution in [0, 0.1) is 18.8 Å². The van der Waals surface area contributed by atoms with E-state index in [0.717, 1.165) is 97.0 Å². The van der Waals surface area contributed by atoms with E-state index in [9.17, 15) is 44.4 Å². The fourth-order valence-electron chi connectivity index (χ4n) is 18.3. The molecule has 15 aromatic rings. The number of rotatable bonds is 22. The molecule has 129 heavy (non-hydrogen) atoms. The number of methoxy groups -OCH3 is 1. The van der Waals surface area contributed by atoms with Gasteiger partial charge in [-0.3, -0.25) is 9.36 Å². The number of carbonyl (C=O) groups is 2. The van der Waals surface area contributed by atoms with Gasteiger partial charge in [0.25, 0.3) is 5.56 Å². The quantitative estimate of drug-likeness (QED) is 0.0310. The number of aryl methyl sites for hydroxylation is 3. The summed E-state index contributed by atoms with van der Waals surface area (Å²) in [5.41, 5.74) is 15.1. The first-order chi connectivity index (χ1) is 62.5. The maximum absolute atomic E-state index is 14.1. The minimum absolute atomic E-state index is 0.00805. The number of pyridine rings is 3. The summed E-state index contributed by atoms with van der Waals surface area (Å²) in [5, 5.41) is 59.2. The molecule has 0 atom stereocenters. The molecule has 0 bridgehead atoms. The van der Waals surface area contributed by atoms with Crippen molar-refractivity contribution in [3.8, 4) is 91.3 Å². The zero-order chi connectivity index (χ0) is 89.4. The number of benzene rings is 5. The first kappa shape index (κ1) is 85.4. The number of phenols is 4. The number of ether oxygens (including phenoxy) is 5. The average Bonchev–Trinajstić information content (AvgIpc) is 1.72. The summed E-state index contributed by atoms with van der Waals surface area (Å²) < 4.78 is 43.8. The van der Waals surface area contributed by atoms with Crippen LogP contribution in [0.3, 0.4) is 0 Å². The Hall–Kier alpha value is -14.4. The Balaban J connectivity index is 0.000000174. The number of carbonyl (C=O) groups excluding carboxylic acids is 2. The van der Waals surface area contributed by atoms with Gasteiger partial charge >= 0.3 is 23.6 Å². The van der Waals surface area contributed by atoms with Gasteiger partial charge in [-0.25, -0.2) is 63.4 Å². The van der Waals surface area contributed by atoms with E-state index in [1.54, 1.807) is 64.2 Å². The number of furan rings is 1. The minimum atomic E-state index is -0.443. The van der Waals surface area contributed by atoms with Crippen LogP contribution in [0.5, 0.6) is 34.6 Å². The van der Waals surface area contributed by atoms with Crippen molar-refractivity contribution >= 4 is 79.0 Å². The Labute approximate surface area is 739 Å². The van der Waals surface area contributed by atoms with Crippen LogP contribution in [0.15, 0.2) is 171 Å². The molecule has 3 saturated heterocycles. The zero-order valence-electron chi connectivity index (χ0n) is 72.5. The molecule has 3 aliphatic heterocycles. The fourth-order valence-corrected chi connectivity index (χ4v) is 18.3. The number of hydrogen-bond acceptors (Lipinski definition) is 25. The van der Waals surface area contributed by atoms with Crippen molar-refractivity contribution in [3.05, 3.63) is 200 Å². The lowest BCUT2D eigenvalue weighted by atomic mass is 9.92. The van der Waals surface area contributed by atoms with Crippen LogP contribution in [-0.2, 0) is 27.3 Å². The number of nitrogens with two attached hydrogens (primary N) is 1. The average molecular weight is 1750 g/mol. The second-order valence-electron chi connectivity index (χ2n) is 34.1. The van der Waals surface area contributed by atoms with E-state index >= 15 is 0 Å². The monoisotopic (exact) mass is 1750 g/mol. The van der Waals surface area contributed by atoms with Crippen LogP contribution in [0.2, 0.25) is 0 Å². The number of nitrogens with one attached hydrogen (secondary N) is 2. The summed E-state index contributed by atoms with van der Waals surface area (Å²) in [6.45, 7) is 16.6. The number of phenolic OH excluding ortho intramolecular Hbond substituents is 4. The summed E-state index contributed by atoms with van der Waals surface area (Å²) in [7, 11) is 1.55.